The fourth-order valence-electron chi connectivity index (χ4n) is 3.87. The van der Waals surface area contributed by atoms with Crippen molar-refractivity contribution >= 4 is 34.3 Å². The van der Waals surface area contributed by atoms with Crippen LogP contribution in [-0.2, 0) is 11.0 Å². The van der Waals surface area contributed by atoms with Crippen LogP contribution in [-0.4, -0.2) is 21.2 Å². The van der Waals surface area contributed by atoms with Crippen LogP contribution in [0.5, 0.6) is 0 Å². The number of carbonyl (C=O) groups is 1. The summed E-state index contributed by atoms with van der Waals surface area (Å²) < 4.78 is 41.1. The third kappa shape index (κ3) is 4.61. The first-order chi connectivity index (χ1) is 14.8. The standard InChI is InChI=1S/C22H20F3N3O2S/c23-22(24,25)16-10-4-6-12-18(16)26-19(29)13-31-21-27-17-11-5-3-9-15(17)20(30)28(21)14-7-1-2-8-14/h3-6,9-12,14H,1-2,7-8,13H2,(H,26,29). The van der Waals surface area contributed by atoms with Gasteiger partial charge in [0.2, 0.25) is 5.91 Å². The van der Waals surface area contributed by atoms with Crippen molar-refractivity contribution in [3.05, 3.63) is 64.4 Å². The summed E-state index contributed by atoms with van der Waals surface area (Å²) >= 11 is 1.06. The van der Waals surface area contributed by atoms with Gasteiger partial charge in [-0.25, -0.2) is 4.98 Å². The number of rotatable bonds is 5. The van der Waals surface area contributed by atoms with Crippen molar-refractivity contribution in [1.29, 1.82) is 0 Å². The number of para-hydroxylation sites is 2. The number of anilines is 1. The minimum Gasteiger partial charge on any atom is -0.325 e. The van der Waals surface area contributed by atoms with Crippen molar-refractivity contribution in [2.24, 2.45) is 0 Å². The molecular formula is C22H20F3N3O2S. The van der Waals surface area contributed by atoms with E-state index in [0.29, 0.717) is 16.1 Å². The number of benzene rings is 2. The van der Waals surface area contributed by atoms with E-state index in [0.717, 1.165) is 43.5 Å². The molecule has 0 bridgehead atoms. The van der Waals surface area contributed by atoms with Crippen LogP contribution < -0.4 is 10.9 Å². The first kappa shape index (κ1) is 21.4. The predicted molar refractivity (Wildman–Crippen MR) is 114 cm³/mol. The van der Waals surface area contributed by atoms with Gasteiger partial charge in [-0.15, -0.1) is 0 Å². The van der Waals surface area contributed by atoms with Crippen molar-refractivity contribution < 1.29 is 18.0 Å². The number of fused-ring (bicyclic) bond motifs is 1. The molecule has 2 aromatic carbocycles. The number of halogens is 3. The van der Waals surface area contributed by atoms with Gasteiger partial charge in [0.15, 0.2) is 5.16 Å². The third-order valence-electron chi connectivity index (χ3n) is 5.30. The lowest BCUT2D eigenvalue weighted by Gasteiger charge is -2.18. The van der Waals surface area contributed by atoms with E-state index in [1.54, 1.807) is 28.8 Å². The number of nitrogens with zero attached hydrogens (tertiary/aromatic N) is 2. The molecule has 31 heavy (non-hydrogen) atoms. The molecule has 0 unspecified atom stereocenters. The molecule has 3 aromatic rings. The van der Waals surface area contributed by atoms with Crippen molar-refractivity contribution in [1.82, 2.24) is 9.55 Å². The minimum atomic E-state index is -4.57. The van der Waals surface area contributed by atoms with Gasteiger partial charge in [0.05, 0.1) is 27.9 Å². The van der Waals surface area contributed by atoms with Gasteiger partial charge in [-0.05, 0) is 37.1 Å². The number of carbonyl (C=O) groups excluding carboxylic acids is 1. The quantitative estimate of drug-likeness (QED) is 0.428. The largest absolute Gasteiger partial charge is 0.418 e. The Morgan fingerprint density at radius 3 is 2.52 bits per heavy atom. The zero-order valence-corrected chi connectivity index (χ0v) is 17.3. The molecular weight excluding hydrogens is 427 g/mol. The van der Waals surface area contributed by atoms with Crippen LogP contribution in [0.25, 0.3) is 10.9 Å². The van der Waals surface area contributed by atoms with Crippen molar-refractivity contribution in [2.75, 3.05) is 11.1 Å². The molecule has 9 heteroatoms. The lowest BCUT2D eigenvalue weighted by Crippen LogP contribution is -2.27. The highest BCUT2D eigenvalue weighted by Crippen LogP contribution is 2.35. The van der Waals surface area contributed by atoms with E-state index in [4.69, 9.17) is 0 Å². The molecule has 1 amide bonds. The summed E-state index contributed by atoms with van der Waals surface area (Å²) in [6.07, 6.45) is -0.817. The first-order valence-corrected chi connectivity index (χ1v) is 10.9. The van der Waals surface area contributed by atoms with Crippen molar-refractivity contribution in [3.8, 4) is 0 Å². The van der Waals surface area contributed by atoms with Crippen LogP contribution in [0.15, 0.2) is 58.5 Å². The van der Waals surface area contributed by atoms with Gasteiger partial charge in [-0.1, -0.05) is 48.9 Å². The number of nitrogens with one attached hydrogen (secondary N) is 1. The molecule has 0 aliphatic heterocycles. The average molecular weight is 447 g/mol. The third-order valence-corrected chi connectivity index (χ3v) is 6.26. The summed E-state index contributed by atoms with van der Waals surface area (Å²) in [4.78, 5) is 30.1. The Bertz CT molecular complexity index is 1170. The summed E-state index contributed by atoms with van der Waals surface area (Å²) in [7, 11) is 0. The molecule has 4 rings (SSSR count). The Morgan fingerprint density at radius 1 is 1.10 bits per heavy atom. The van der Waals surface area contributed by atoms with E-state index in [-0.39, 0.29) is 23.0 Å². The van der Waals surface area contributed by atoms with Gasteiger partial charge in [0.1, 0.15) is 0 Å². The first-order valence-electron chi connectivity index (χ1n) is 9.95. The normalized spacial score (nSPS) is 14.8. The Labute approximate surface area is 180 Å². The molecule has 0 atom stereocenters. The summed E-state index contributed by atoms with van der Waals surface area (Å²) in [5.41, 5.74) is -0.810. The zero-order chi connectivity index (χ0) is 22.0. The number of alkyl halides is 3. The van der Waals surface area contributed by atoms with Crippen LogP contribution in [0.3, 0.4) is 0 Å². The van der Waals surface area contributed by atoms with E-state index >= 15 is 0 Å². The molecule has 1 aliphatic rings. The SMILES string of the molecule is O=C(CSc1nc2ccccc2c(=O)n1C1CCCC1)Nc1ccccc1C(F)(F)F. The van der Waals surface area contributed by atoms with Crippen molar-refractivity contribution in [3.63, 3.8) is 0 Å². The molecule has 5 nitrogen and oxygen atoms in total. The van der Waals surface area contributed by atoms with E-state index in [2.05, 4.69) is 10.3 Å². The Hall–Kier alpha value is -2.81. The number of amides is 1. The van der Waals surface area contributed by atoms with Crippen LogP contribution in [0.4, 0.5) is 18.9 Å². The van der Waals surface area contributed by atoms with Gasteiger partial charge in [0.25, 0.3) is 5.56 Å². The van der Waals surface area contributed by atoms with Crippen LogP contribution in [0.1, 0.15) is 37.3 Å². The number of hydrogen-bond acceptors (Lipinski definition) is 4. The van der Waals surface area contributed by atoms with Gasteiger partial charge < -0.3 is 5.32 Å². The number of hydrogen-bond donors (Lipinski definition) is 1. The van der Waals surface area contributed by atoms with Gasteiger partial charge in [-0.2, -0.15) is 13.2 Å². The van der Waals surface area contributed by atoms with E-state index < -0.39 is 17.6 Å². The fourth-order valence-corrected chi connectivity index (χ4v) is 4.73. The summed E-state index contributed by atoms with van der Waals surface area (Å²) in [5.74, 6) is -0.758. The van der Waals surface area contributed by atoms with Gasteiger partial charge in [-0.3, -0.25) is 14.2 Å². The van der Waals surface area contributed by atoms with Crippen LogP contribution in [0, 0.1) is 0 Å². The maximum atomic E-state index is 13.2. The molecule has 0 saturated heterocycles. The zero-order valence-electron chi connectivity index (χ0n) is 16.5. The fraction of sp³-hybridized carbons (Fsp3) is 0.318. The minimum absolute atomic E-state index is 0.0149. The summed E-state index contributed by atoms with van der Waals surface area (Å²) in [6, 6.07) is 11.9. The highest BCUT2D eigenvalue weighted by Gasteiger charge is 2.33. The molecule has 0 spiro atoms. The average Bonchev–Trinajstić information content (AvgIpc) is 3.26. The lowest BCUT2D eigenvalue weighted by atomic mass is 10.1. The molecule has 1 fully saturated rings. The van der Waals surface area contributed by atoms with Crippen molar-refractivity contribution in [2.45, 2.75) is 43.1 Å². The second-order valence-electron chi connectivity index (χ2n) is 7.41. The van der Waals surface area contributed by atoms with Crippen LogP contribution in [0.2, 0.25) is 0 Å². The predicted octanol–water partition coefficient (Wildman–Crippen LogP) is 5.26. The van der Waals surface area contributed by atoms with E-state index in [1.165, 1.54) is 18.2 Å². The number of aromatic nitrogens is 2. The molecule has 162 valence electrons. The molecule has 1 N–H and O–H groups in total. The second kappa shape index (κ2) is 8.74. The van der Waals surface area contributed by atoms with E-state index in [1.807, 2.05) is 0 Å². The Morgan fingerprint density at radius 2 is 1.77 bits per heavy atom. The maximum Gasteiger partial charge on any atom is 0.418 e. The Kier molecular flexibility index (Phi) is 6.04. The van der Waals surface area contributed by atoms with Gasteiger partial charge >= 0.3 is 6.18 Å². The van der Waals surface area contributed by atoms with Gasteiger partial charge in [0, 0.05) is 6.04 Å². The summed E-state index contributed by atoms with van der Waals surface area (Å²) in [6.45, 7) is 0. The Balaban J connectivity index is 1.59. The highest BCUT2D eigenvalue weighted by molar-refractivity contribution is 7.99. The molecule has 1 saturated carbocycles. The monoisotopic (exact) mass is 447 g/mol. The van der Waals surface area contributed by atoms with E-state index in [9.17, 15) is 22.8 Å². The highest BCUT2D eigenvalue weighted by atomic mass is 32.2. The maximum absolute atomic E-state index is 13.2. The molecule has 1 heterocycles. The lowest BCUT2D eigenvalue weighted by molar-refractivity contribution is -0.137. The second-order valence-corrected chi connectivity index (χ2v) is 8.35. The summed E-state index contributed by atoms with van der Waals surface area (Å²) in [5, 5.41) is 3.26. The topological polar surface area (TPSA) is 64.0 Å². The number of thioether (sulfide) groups is 1. The van der Waals surface area contributed by atoms with Crippen LogP contribution >= 0.6 is 11.8 Å². The molecule has 1 aromatic heterocycles. The smallest absolute Gasteiger partial charge is 0.325 e. The molecule has 0 radical (unpaired) electrons. The molecule has 1 aliphatic carbocycles.